The summed E-state index contributed by atoms with van der Waals surface area (Å²) in [6.07, 6.45) is 3.42. The van der Waals surface area contributed by atoms with Crippen LogP contribution in [0.4, 0.5) is 5.69 Å². The number of carboxylic acid groups (broad SMARTS) is 1. The van der Waals surface area contributed by atoms with E-state index in [1.165, 1.54) is 18.2 Å². The number of ether oxygens (including phenoxy) is 2. The van der Waals surface area contributed by atoms with E-state index in [2.05, 4.69) is 67.1 Å². The van der Waals surface area contributed by atoms with Crippen LogP contribution in [0.5, 0.6) is 11.5 Å². The Morgan fingerprint density at radius 3 is 2.48 bits per heavy atom. The first-order chi connectivity index (χ1) is 37.6. The molecule has 418 valence electrons. The maximum atomic E-state index is 14.8. The number of carboxylic acids is 1. The number of amides is 1. The molecule has 4 aliphatic rings. The summed E-state index contributed by atoms with van der Waals surface area (Å²) in [5.41, 5.74) is 3.01. The number of aliphatic hydroxyl groups is 1. The smallest absolute Gasteiger partial charge is 0.0534 e. The van der Waals surface area contributed by atoms with Gasteiger partial charge >= 0.3 is 183 Å². The van der Waals surface area contributed by atoms with Gasteiger partial charge in [-0.15, -0.1) is 0 Å². The number of H-pyrrole nitrogens is 1. The van der Waals surface area contributed by atoms with Crippen molar-refractivity contribution in [2.75, 3.05) is 37.7 Å². The average molecular weight is 1150 g/mol. The van der Waals surface area contributed by atoms with Gasteiger partial charge in [0.25, 0.3) is 5.56 Å². The second-order valence-electron chi connectivity index (χ2n) is 19.9. The van der Waals surface area contributed by atoms with Gasteiger partial charge in [0.1, 0.15) is 24.6 Å². The number of nitrogens with one attached hydrogen (secondary N) is 2. The summed E-state index contributed by atoms with van der Waals surface area (Å²) in [5.74, 6) is -0.690. The Balaban J connectivity index is 0.933. The molecule has 2 aromatic heterocycles. The van der Waals surface area contributed by atoms with Crippen LogP contribution in [0.2, 0.25) is 0 Å². The van der Waals surface area contributed by atoms with Gasteiger partial charge in [0.15, 0.2) is 0 Å². The minimum Gasteiger partial charge on any atom is -0.0560 e. The number of carbonyl (C=O) groups excluding carboxylic acids is 1. The second-order valence-corrected chi connectivity index (χ2v) is 30.0. The van der Waals surface area contributed by atoms with Crippen molar-refractivity contribution in [1.82, 2.24) is 24.0 Å². The fourth-order valence-corrected chi connectivity index (χ4v) is 15.3. The van der Waals surface area contributed by atoms with Crippen molar-refractivity contribution in [3.63, 3.8) is 0 Å². The van der Waals surface area contributed by atoms with Gasteiger partial charge in [-0.05, 0) is 69.9 Å². The number of aromatic carboxylic acids is 1. The zero-order valence-corrected chi connectivity index (χ0v) is 46.0. The van der Waals surface area contributed by atoms with E-state index in [9.17, 15) is 57.7 Å². The Bertz CT molecular complexity index is 3880. The van der Waals surface area contributed by atoms with E-state index in [1.807, 2.05) is 25.1 Å². The Morgan fingerprint density at radius 1 is 1.04 bits per heavy atom. The van der Waals surface area contributed by atoms with Crippen LogP contribution in [0.1, 0.15) is 97.8 Å². The molecule has 6 N–H and O–H groups in total. The molecular weight excluding hydrogens is 1090 g/mol. The summed E-state index contributed by atoms with van der Waals surface area (Å²) in [4.78, 5) is 71.0. The van der Waals surface area contributed by atoms with Crippen LogP contribution >= 0.6 is 21.4 Å². The van der Waals surface area contributed by atoms with E-state index >= 15 is 0 Å². The van der Waals surface area contributed by atoms with E-state index in [0.29, 0.717) is 46.7 Å². The van der Waals surface area contributed by atoms with E-state index in [4.69, 9.17) is 19.3 Å². The molecule has 0 spiro atoms. The number of pyridine rings is 1. The number of aromatic nitrogens is 3. The molecule has 5 aromatic rings. The molecule has 0 aliphatic carbocycles. The Morgan fingerprint density at radius 2 is 1.78 bits per heavy atom. The number of rotatable bonds is 19. The van der Waals surface area contributed by atoms with Gasteiger partial charge in [-0.25, -0.2) is 9.37 Å². The number of hydrogen-bond donors (Lipinski definition) is 6. The van der Waals surface area contributed by atoms with E-state index in [1.54, 1.807) is 29.8 Å². The van der Waals surface area contributed by atoms with Crippen molar-refractivity contribution < 1.29 is 77.0 Å². The first-order valence-corrected chi connectivity index (χ1v) is 30.7. The molecule has 0 bridgehead atoms. The summed E-state index contributed by atoms with van der Waals surface area (Å²) in [7, 11) is -7.27. The second kappa shape index (κ2) is 22.0. The van der Waals surface area contributed by atoms with E-state index in [0.717, 1.165) is 69.8 Å². The zero-order valence-electron chi connectivity index (χ0n) is 43.3. The number of allylic oxidation sites excluding steroid dienone is 1. The number of benzene rings is 3. The summed E-state index contributed by atoms with van der Waals surface area (Å²) >= 11 is 0. The Kier molecular flexibility index (Phi) is 15.8. The third kappa shape index (κ3) is 10.0. The first kappa shape index (κ1) is 56.9. The molecule has 4 aliphatic heterocycles. The molecule has 25 nitrogen and oxygen atoms in total. The quantitative estimate of drug-likeness (QED) is 0.0250. The predicted octanol–water partition coefficient (Wildman–Crippen LogP) is 5.56. The van der Waals surface area contributed by atoms with Crippen LogP contribution in [-0.2, 0) is 60.2 Å². The fraction of sp³-hybridized carbons (Fsp3) is 0.373. The van der Waals surface area contributed by atoms with Crippen LogP contribution in [-0.4, -0.2) is 97.3 Å². The molecular formula is C51H56N6O19P3+. The van der Waals surface area contributed by atoms with Crippen LogP contribution < -0.4 is 46.9 Å². The van der Waals surface area contributed by atoms with Crippen molar-refractivity contribution in [1.29, 1.82) is 0 Å². The fourth-order valence-electron chi connectivity index (χ4n) is 10.8. The van der Waals surface area contributed by atoms with Crippen molar-refractivity contribution in [3.8, 4) is 11.5 Å². The third-order valence-electron chi connectivity index (χ3n) is 14.7. The summed E-state index contributed by atoms with van der Waals surface area (Å²) in [5, 5.41) is 47.2. The molecule has 1 fully saturated rings. The van der Waals surface area contributed by atoms with Crippen LogP contribution in [0.25, 0.3) is 28.1 Å². The van der Waals surface area contributed by atoms with Gasteiger partial charge in [-0.2, -0.15) is 0 Å². The average Bonchev–Trinajstić information content (AvgIpc) is 3.97. The summed E-state index contributed by atoms with van der Waals surface area (Å²) in [6, 6.07) is 14.7. The number of carbonyl (C=O) groups is 2. The molecule has 79 heavy (non-hydrogen) atoms. The molecule has 9 rings (SSSR count). The van der Waals surface area contributed by atoms with Crippen molar-refractivity contribution in [2.45, 2.75) is 83.8 Å². The molecule has 0 saturated carbocycles. The Labute approximate surface area is 448 Å². The molecule has 6 heterocycles. The minimum atomic E-state index is -6.69. The number of hydrogen-bond acceptors (Lipinski definition) is 19. The van der Waals surface area contributed by atoms with Gasteiger partial charge in [-0.3, -0.25) is 9.59 Å². The molecule has 1 saturated heterocycles. The summed E-state index contributed by atoms with van der Waals surface area (Å²) in [6.45, 7) is 2.42. The number of anilines is 1. The van der Waals surface area contributed by atoms with Gasteiger partial charge in [0, 0.05) is 71.9 Å². The van der Waals surface area contributed by atoms with Gasteiger partial charge < -0.3 is 19.3 Å². The number of aromatic amines is 1. The normalized spacial score (nSPS) is 18.9. The molecule has 28 heteroatoms. The maximum absolute atomic E-state index is 14.8. The maximum Gasteiger partial charge on any atom is 0.0534 e. The minimum absolute atomic E-state index is 0.0259. The Hall–Kier alpha value is -6.85. The topological polar surface area (TPSA) is 334 Å². The molecule has 3 atom stereocenters. The standard InChI is InChI=1S/C51H55N6O19P3/c1-6-55-18-10-13-29-20-34-37(22-36(29)55)54(5)48(61)45-44(31-14-7-8-15-32(31)49(62)63)35-21-33-28(2)25-51(3,4)57(38(33)23-40(35)73-46(34)45)19-11-16-42(59)52-17-9-12-30-26-56(50(64)53-47(30)60)43-24-39(58)41(72-43)27-71-79(75-66,76-74-65,77(67)68)78(69)70/h7-9,12,14-15,20-23,25-26,39,41,43,58H,6,10-11,13,16-19,24,27H2,1-5H3,(H4-,52,53,59,60,62,63,64,65,66)/p+1. The van der Waals surface area contributed by atoms with Crippen molar-refractivity contribution in [3.05, 3.63) is 142 Å². The van der Waals surface area contributed by atoms with Crippen LogP contribution in [0.15, 0.2) is 81.3 Å². The van der Waals surface area contributed by atoms with Gasteiger partial charge in [-0.1, -0.05) is 24.3 Å². The predicted molar refractivity (Wildman–Crippen MR) is 285 cm³/mol. The SMILES string of the molecule is CC[N+]1=c2cc3c(cc2CCC1)c1c(c(=O)n3C)=C(c2ccccc2C(=O)O)c2cc3c(cc2O1)N(CCCC(=O)NCC=Cc1cn(C2CC(O)C(COP(OO)(OOO)(P(=O)=O)P(=O)=O)O2)c(=O)[nH]c1=O)C(C)(C)C=C3C. The van der Waals surface area contributed by atoms with Crippen LogP contribution in [0, 0.1) is 0 Å². The van der Waals surface area contributed by atoms with E-state index in [-0.39, 0.29) is 47.2 Å². The van der Waals surface area contributed by atoms with Crippen molar-refractivity contribution >= 4 is 67.1 Å². The monoisotopic (exact) mass is 1150 g/mol. The largest absolute Gasteiger partial charge is 0.0560 e. The first-order valence-electron chi connectivity index (χ1n) is 25.0. The van der Waals surface area contributed by atoms with Crippen molar-refractivity contribution in [2.24, 2.45) is 7.05 Å². The molecule has 3 aromatic carbocycles. The molecule has 1 amide bonds. The molecule has 0 radical (unpaired) electrons. The molecule has 3 unspecified atom stereocenters. The van der Waals surface area contributed by atoms with Gasteiger partial charge in [0.05, 0.1) is 21.8 Å². The number of fused-ring (bicyclic) bond motifs is 6. The summed E-state index contributed by atoms with van der Waals surface area (Å²) < 4.78 is 77.6. The number of aryl methyl sites for hydroxylation is 2. The number of aliphatic hydroxyl groups excluding tert-OH is 1. The zero-order chi connectivity index (χ0) is 56.9. The third-order valence-corrected chi connectivity index (χ3v) is 24.4. The van der Waals surface area contributed by atoms with E-state index < -0.39 is 69.2 Å². The van der Waals surface area contributed by atoms with Crippen LogP contribution in [0.3, 0.4) is 0 Å². The number of nitrogens with zero attached hydrogens (tertiary/aromatic N) is 4. The van der Waals surface area contributed by atoms with Gasteiger partial charge in [0.2, 0.25) is 11.3 Å².